The average molecular weight is 277 g/mol. The Labute approximate surface area is 116 Å². The summed E-state index contributed by atoms with van der Waals surface area (Å²) in [7, 11) is 0. The van der Waals surface area contributed by atoms with Gasteiger partial charge in [-0.2, -0.15) is 4.98 Å². The fourth-order valence-electron chi connectivity index (χ4n) is 2.21. The van der Waals surface area contributed by atoms with Crippen LogP contribution in [0.1, 0.15) is 12.8 Å². The lowest BCUT2D eigenvalue weighted by Crippen LogP contribution is -2.42. The van der Waals surface area contributed by atoms with E-state index in [2.05, 4.69) is 22.0 Å². The Hall–Kier alpha value is -1.79. The highest BCUT2D eigenvalue weighted by Gasteiger charge is 2.21. The summed E-state index contributed by atoms with van der Waals surface area (Å²) < 4.78 is 23.5. The number of morpholine rings is 1. The van der Waals surface area contributed by atoms with Crippen molar-refractivity contribution in [2.45, 2.75) is 19.5 Å². The number of rotatable bonds is 3. The molecule has 1 aliphatic rings. The molecular formula is C14H16FN3O2. The van der Waals surface area contributed by atoms with Crippen molar-refractivity contribution in [2.75, 3.05) is 19.8 Å². The molecule has 0 unspecified atom stereocenters. The van der Waals surface area contributed by atoms with Crippen molar-refractivity contribution >= 4 is 0 Å². The van der Waals surface area contributed by atoms with Crippen LogP contribution in [0.25, 0.3) is 11.4 Å². The van der Waals surface area contributed by atoms with E-state index in [9.17, 15) is 4.39 Å². The van der Waals surface area contributed by atoms with Gasteiger partial charge < -0.3 is 9.26 Å². The van der Waals surface area contributed by atoms with Crippen molar-refractivity contribution < 1.29 is 13.7 Å². The molecule has 0 radical (unpaired) electrons. The minimum atomic E-state index is -0.278. The molecule has 106 valence electrons. The number of aromatic nitrogens is 2. The van der Waals surface area contributed by atoms with Crippen LogP contribution in [-0.2, 0) is 11.3 Å². The van der Waals surface area contributed by atoms with Crippen molar-refractivity contribution in [1.82, 2.24) is 15.0 Å². The van der Waals surface area contributed by atoms with E-state index in [1.54, 1.807) is 12.1 Å². The third-order valence-electron chi connectivity index (χ3n) is 3.41. The molecule has 0 bridgehead atoms. The van der Waals surface area contributed by atoms with Crippen molar-refractivity contribution in [1.29, 1.82) is 0 Å². The van der Waals surface area contributed by atoms with Crippen LogP contribution in [0.3, 0.4) is 0 Å². The maximum absolute atomic E-state index is 12.9. The van der Waals surface area contributed by atoms with Crippen LogP contribution < -0.4 is 0 Å². The van der Waals surface area contributed by atoms with Gasteiger partial charge in [0, 0.05) is 18.2 Å². The zero-order chi connectivity index (χ0) is 13.9. The second-order valence-electron chi connectivity index (χ2n) is 4.91. The van der Waals surface area contributed by atoms with E-state index in [0.717, 1.165) is 25.3 Å². The van der Waals surface area contributed by atoms with Gasteiger partial charge >= 0.3 is 0 Å². The van der Waals surface area contributed by atoms with E-state index < -0.39 is 0 Å². The molecule has 3 rings (SSSR count). The minimum absolute atomic E-state index is 0.278. The summed E-state index contributed by atoms with van der Waals surface area (Å²) in [4.78, 5) is 6.60. The van der Waals surface area contributed by atoms with Gasteiger partial charge in [0.05, 0.1) is 19.8 Å². The van der Waals surface area contributed by atoms with Gasteiger partial charge in [0.25, 0.3) is 0 Å². The second-order valence-corrected chi connectivity index (χ2v) is 4.91. The lowest BCUT2D eigenvalue weighted by molar-refractivity contribution is -0.00852. The Kier molecular flexibility index (Phi) is 3.75. The summed E-state index contributed by atoms with van der Waals surface area (Å²) in [6, 6.07) is 6.39. The van der Waals surface area contributed by atoms with E-state index in [4.69, 9.17) is 9.26 Å². The minimum Gasteiger partial charge on any atom is -0.379 e. The molecule has 1 saturated heterocycles. The highest BCUT2D eigenvalue weighted by atomic mass is 19.1. The van der Waals surface area contributed by atoms with Crippen LogP contribution in [0.2, 0.25) is 0 Å². The van der Waals surface area contributed by atoms with Gasteiger partial charge in [0.15, 0.2) is 0 Å². The standard InChI is InChI=1S/C14H16FN3O2/c1-10-9-19-7-6-18(10)8-13-16-14(17-20-13)11-2-4-12(15)5-3-11/h2-5,10H,6-9H2,1H3/t10-/m0/s1. The Bertz CT molecular complexity index is 570. The molecule has 1 aromatic carbocycles. The first-order valence-electron chi connectivity index (χ1n) is 6.63. The smallest absolute Gasteiger partial charge is 0.241 e. The predicted octanol–water partition coefficient (Wildman–Crippen LogP) is 2.10. The zero-order valence-corrected chi connectivity index (χ0v) is 11.3. The molecule has 0 amide bonds. The zero-order valence-electron chi connectivity index (χ0n) is 11.3. The number of hydrogen-bond donors (Lipinski definition) is 0. The van der Waals surface area contributed by atoms with Crippen LogP contribution in [0.4, 0.5) is 4.39 Å². The third-order valence-corrected chi connectivity index (χ3v) is 3.41. The maximum atomic E-state index is 12.9. The summed E-state index contributed by atoms with van der Waals surface area (Å²) in [6.45, 7) is 5.02. The molecule has 0 N–H and O–H groups in total. The largest absolute Gasteiger partial charge is 0.379 e. The van der Waals surface area contributed by atoms with E-state index in [-0.39, 0.29) is 5.82 Å². The topological polar surface area (TPSA) is 51.4 Å². The summed E-state index contributed by atoms with van der Waals surface area (Å²) >= 11 is 0. The third kappa shape index (κ3) is 2.86. The van der Waals surface area contributed by atoms with Crippen molar-refractivity contribution in [3.8, 4) is 11.4 Å². The summed E-state index contributed by atoms with van der Waals surface area (Å²) in [5, 5.41) is 3.94. The maximum Gasteiger partial charge on any atom is 0.241 e. The molecular weight excluding hydrogens is 261 g/mol. The lowest BCUT2D eigenvalue weighted by Gasteiger charge is -2.31. The first kappa shape index (κ1) is 13.2. The molecule has 5 nitrogen and oxygen atoms in total. The number of benzene rings is 1. The molecule has 20 heavy (non-hydrogen) atoms. The second kappa shape index (κ2) is 5.68. The molecule has 2 heterocycles. The highest BCUT2D eigenvalue weighted by molar-refractivity contribution is 5.53. The monoisotopic (exact) mass is 277 g/mol. The number of nitrogens with zero attached hydrogens (tertiary/aromatic N) is 3. The normalized spacial score (nSPS) is 20.2. The summed E-state index contributed by atoms with van der Waals surface area (Å²) in [5.41, 5.74) is 0.747. The number of ether oxygens (including phenoxy) is 1. The van der Waals surface area contributed by atoms with Crippen LogP contribution >= 0.6 is 0 Å². The summed E-state index contributed by atoms with van der Waals surface area (Å²) in [5.74, 6) is 0.776. The Balaban J connectivity index is 1.71. The molecule has 1 atom stereocenters. The molecule has 6 heteroatoms. The SMILES string of the molecule is C[C@H]1COCCN1Cc1nc(-c2ccc(F)cc2)no1. The van der Waals surface area contributed by atoms with Gasteiger partial charge in [0.2, 0.25) is 11.7 Å². The van der Waals surface area contributed by atoms with Crippen LogP contribution in [0.15, 0.2) is 28.8 Å². The first-order valence-corrected chi connectivity index (χ1v) is 6.63. The fraction of sp³-hybridized carbons (Fsp3) is 0.429. The Morgan fingerprint density at radius 2 is 2.15 bits per heavy atom. The van der Waals surface area contributed by atoms with Crippen LogP contribution in [0, 0.1) is 5.82 Å². The molecule has 1 aliphatic heterocycles. The van der Waals surface area contributed by atoms with Gasteiger partial charge in [-0.25, -0.2) is 4.39 Å². The summed E-state index contributed by atoms with van der Waals surface area (Å²) in [6.07, 6.45) is 0. The highest BCUT2D eigenvalue weighted by Crippen LogP contribution is 2.17. The fourth-order valence-corrected chi connectivity index (χ4v) is 2.21. The van der Waals surface area contributed by atoms with Gasteiger partial charge in [-0.3, -0.25) is 4.90 Å². The van der Waals surface area contributed by atoms with Gasteiger partial charge in [-0.15, -0.1) is 0 Å². The predicted molar refractivity (Wildman–Crippen MR) is 70.4 cm³/mol. The van der Waals surface area contributed by atoms with Crippen molar-refractivity contribution in [3.05, 3.63) is 36.0 Å². The first-order chi connectivity index (χ1) is 9.72. The van der Waals surface area contributed by atoms with Crippen molar-refractivity contribution in [2.24, 2.45) is 0 Å². The van der Waals surface area contributed by atoms with E-state index in [0.29, 0.717) is 24.3 Å². The molecule has 0 saturated carbocycles. The van der Waals surface area contributed by atoms with E-state index >= 15 is 0 Å². The Morgan fingerprint density at radius 3 is 2.90 bits per heavy atom. The average Bonchev–Trinajstić information content (AvgIpc) is 2.91. The molecule has 0 aliphatic carbocycles. The quantitative estimate of drug-likeness (QED) is 0.860. The van der Waals surface area contributed by atoms with Gasteiger partial charge in [0.1, 0.15) is 5.82 Å². The Morgan fingerprint density at radius 1 is 1.35 bits per heavy atom. The van der Waals surface area contributed by atoms with Gasteiger partial charge in [-0.05, 0) is 31.2 Å². The lowest BCUT2D eigenvalue weighted by atomic mass is 10.2. The van der Waals surface area contributed by atoms with Crippen LogP contribution in [-0.4, -0.2) is 40.8 Å². The molecule has 0 spiro atoms. The van der Waals surface area contributed by atoms with E-state index in [1.165, 1.54) is 12.1 Å². The van der Waals surface area contributed by atoms with Crippen molar-refractivity contribution in [3.63, 3.8) is 0 Å². The molecule has 1 aromatic heterocycles. The van der Waals surface area contributed by atoms with Gasteiger partial charge in [-0.1, -0.05) is 5.16 Å². The molecule has 2 aromatic rings. The number of hydrogen-bond acceptors (Lipinski definition) is 5. The van der Waals surface area contributed by atoms with Crippen LogP contribution in [0.5, 0.6) is 0 Å². The number of halogens is 1. The van der Waals surface area contributed by atoms with E-state index in [1.807, 2.05) is 0 Å². The molecule has 1 fully saturated rings.